The smallest absolute Gasteiger partial charge is 0.246 e. The summed E-state index contributed by atoms with van der Waals surface area (Å²) in [6.45, 7) is 6.53. The maximum absolute atomic E-state index is 11.5. The molecular formula is C12H19NO. The van der Waals surface area contributed by atoms with Crippen LogP contribution in [0.3, 0.4) is 0 Å². The van der Waals surface area contributed by atoms with Crippen LogP contribution in [-0.2, 0) is 4.79 Å². The number of hydrogen-bond donors (Lipinski definition) is 1. The zero-order valence-corrected chi connectivity index (χ0v) is 9.48. The lowest BCUT2D eigenvalue weighted by atomic mass is 9.72. The summed E-state index contributed by atoms with van der Waals surface area (Å²) in [4.78, 5) is 11.5. The van der Waals surface area contributed by atoms with Gasteiger partial charge in [0.05, 0.1) is 0 Å². The van der Waals surface area contributed by atoms with Gasteiger partial charge in [0.1, 0.15) is 0 Å². The molecule has 0 radical (unpaired) electrons. The molecule has 0 spiro atoms. The number of carbonyl (C=O) groups excluding carboxylic acids is 1. The minimum absolute atomic E-state index is 0.0495. The predicted molar refractivity (Wildman–Crippen MR) is 58.9 cm³/mol. The van der Waals surface area contributed by atoms with E-state index in [1.807, 2.05) is 6.08 Å². The Morgan fingerprint density at radius 1 is 1.57 bits per heavy atom. The lowest BCUT2D eigenvalue weighted by Crippen LogP contribution is -2.27. The summed E-state index contributed by atoms with van der Waals surface area (Å²) in [5, 5.41) is 2.67. The molecule has 14 heavy (non-hydrogen) atoms. The standard InChI is InChI=1S/C12H19NO/c1-5-12(3)8-10(11(14)13-4)7-6-9(12)2/h6-7H,5,8H2,1-4H3,(H,13,14). The van der Waals surface area contributed by atoms with Crippen LogP contribution in [0.5, 0.6) is 0 Å². The minimum Gasteiger partial charge on any atom is -0.355 e. The number of amides is 1. The van der Waals surface area contributed by atoms with Crippen molar-refractivity contribution in [1.82, 2.24) is 5.32 Å². The zero-order chi connectivity index (χ0) is 10.8. The van der Waals surface area contributed by atoms with Gasteiger partial charge in [-0.25, -0.2) is 0 Å². The van der Waals surface area contributed by atoms with Crippen molar-refractivity contribution in [3.8, 4) is 0 Å². The molecule has 1 unspecified atom stereocenters. The van der Waals surface area contributed by atoms with Gasteiger partial charge in [-0.3, -0.25) is 4.79 Å². The average Bonchev–Trinajstić information content (AvgIpc) is 2.21. The second-order valence-electron chi connectivity index (χ2n) is 4.21. The van der Waals surface area contributed by atoms with Crippen molar-refractivity contribution in [2.75, 3.05) is 7.05 Å². The fraction of sp³-hybridized carbons (Fsp3) is 0.583. The zero-order valence-electron chi connectivity index (χ0n) is 9.48. The van der Waals surface area contributed by atoms with Gasteiger partial charge in [-0.05, 0) is 25.2 Å². The molecule has 1 aliphatic carbocycles. The number of allylic oxidation sites excluding steroid dienone is 3. The minimum atomic E-state index is 0.0495. The van der Waals surface area contributed by atoms with E-state index in [0.29, 0.717) is 0 Å². The molecule has 2 heteroatoms. The molecule has 0 saturated carbocycles. The summed E-state index contributed by atoms with van der Waals surface area (Å²) in [5.74, 6) is 0.0495. The molecule has 2 nitrogen and oxygen atoms in total. The molecule has 1 atom stereocenters. The molecule has 1 aliphatic rings. The van der Waals surface area contributed by atoms with Gasteiger partial charge in [0.2, 0.25) is 5.91 Å². The Morgan fingerprint density at radius 3 is 2.71 bits per heavy atom. The lowest BCUT2D eigenvalue weighted by Gasteiger charge is -2.32. The molecule has 0 bridgehead atoms. The summed E-state index contributed by atoms with van der Waals surface area (Å²) in [7, 11) is 1.68. The largest absolute Gasteiger partial charge is 0.355 e. The molecule has 0 aromatic carbocycles. The van der Waals surface area contributed by atoms with Crippen LogP contribution >= 0.6 is 0 Å². The summed E-state index contributed by atoms with van der Waals surface area (Å²) in [6, 6.07) is 0. The molecule has 1 N–H and O–H groups in total. The number of hydrogen-bond acceptors (Lipinski definition) is 1. The Balaban J connectivity index is 2.92. The van der Waals surface area contributed by atoms with E-state index in [2.05, 4.69) is 32.2 Å². The topological polar surface area (TPSA) is 29.1 Å². The van der Waals surface area contributed by atoms with Crippen molar-refractivity contribution in [2.45, 2.75) is 33.6 Å². The van der Waals surface area contributed by atoms with Crippen LogP contribution in [0.15, 0.2) is 23.3 Å². The van der Waals surface area contributed by atoms with Crippen molar-refractivity contribution in [3.63, 3.8) is 0 Å². The number of rotatable bonds is 2. The van der Waals surface area contributed by atoms with Gasteiger partial charge in [-0.15, -0.1) is 0 Å². The van der Waals surface area contributed by atoms with Crippen LogP contribution in [0, 0.1) is 5.41 Å². The lowest BCUT2D eigenvalue weighted by molar-refractivity contribution is -0.117. The summed E-state index contributed by atoms with van der Waals surface area (Å²) >= 11 is 0. The highest BCUT2D eigenvalue weighted by molar-refractivity contribution is 5.94. The number of likely N-dealkylation sites (N-methyl/N-ethyl adjacent to an activating group) is 1. The molecule has 0 fully saturated rings. The molecule has 0 aromatic heterocycles. The summed E-state index contributed by atoms with van der Waals surface area (Å²) in [5.41, 5.74) is 2.42. The van der Waals surface area contributed by atoms with Crippen molar-refractivity contribution in [3.05, 3.63) is 23.3 Å². The third-order valence-electron chi connectivity index (χ3n) is 3.37. The second-order valence-corrected chi connectivity index (χ2v) is 4.21. The highest BCUT2D eigenvalue weighted by Crippen LogP contribution is 2.39. The van der Waals surface area contributed by atoms with E-state index >= 15 is 0 Å². The molecule has 1 amide bonds. The van der Waals surface area contributed by atoms with Crippen LogP contribution in [0.2, 0.25) is 0 Å². The Labute approximate surface area is 86.1 Å². The van der Waals surface area contributed by atoms with E-state index in [4.69, 9.17) is 0 Å². The number of nitrogens with one attached hydrogen (secondary N) is 1. The number of carbonyl (C=O) groups is 1. The Kier molecular flexibility index (Phi) is 3.14. The van der Waals surface area contributed by atoms with E-state index in [0.717, 1.165) is 18.4 Å². The van der Waals surface area contributed by atoms with Gasteiger partial charge in [-0.1, -0.05) is 31.6 Å². The normalized spacial score (nSPS) is 26.6. The van der Waals surface area contributed by atoms with Gasteiger partial charge in [0.25, 0.3) is 0 Å². The van der Waals surface area contributed by atoms with E-state index in [9.17, 15) is 4.79 Å². The molecule has 78 valence electrons. The first kappa shape index (κ1) is 11.0. The van der Waals surface area contributed by atoms with Crippen molar-refractivity contribution < 1.29 is 4.79 Å². The molecule has 0 saturated heterocycles. The SMILES string of the molecule is CCC1(C)CC(C(=O)NC)=CC=C1C. The van der Waals surface area contributed by atoms with Crippen molar-refractivity contribution in [1.29, 1.82) is 0 Å². The van der Waals surface area contributed by atoms with Crippen LogP contribution < -0.4 is 5.32 Å². The highest BCUT2D eigenvalue weighted by Gasteiger charge is 2.29. The van der Waals surface area contributed by atoms with Crippen molar-refractivity contribution >= 4 is 5.91 Å². The summed E-state index contributed by atoms with van der Waals surface area (Å²) in [6.07, 6.45) is 5.93. The molecular weight excluding hydrogens is 174 g/mol. The first-order chi connectivity index (χ1) is 6.53. The Morgan fingerprint density at radius 2 is 2.21 bits per heavy atom. The van der Waals surface area contributed by atoms with Crippen LogP contribution in [0.1, 0.15) is 33.6 Å². The molecule has 1 rings (SSSR count). The third-order valence-corrected chi connectivity index (χ3v) is 3.37. The van der Waals surface area contributed by atoms with Gasteiger partial charge in [0, 0.05) is 12.6 Å². The molecule has 0 heterocycles. The Hall–Kier alpha value is -1.05. The van der Waals surface area contributed by atoms with Crippen LogP contribution in [-0.4, -0.2) is 13.0 Å². The van der Waals surface area contributed by atoms with Gasteiger partial charge >= 0.3 is 0 Å². The van der Waals surface area contributed by atoms with Gasteiger partial charge < -0.3 is 5.32 Å². The molecule has 0 aliphatic heterocycles. The monoisotopic (exact) mass is 193 g/mol. The summed E-state index contributed by atoms with van der Waals surface area (Å²) < 4.78 is 0. The van der Waals surface area contributed by atoms with Crippen molar-refractivity contribution in [2.24, 2.45) is 5.41 Å². The van der Waals surface area contributed by atoms with E-state index in [1.54, 1.807) is 7.05 Å². The quantitative estimate of drug-likeness (QED) is 0.717. The van der Waals surface area contributed by atoms with Crippen LogP contribution in [0.25, 0.3) is 0 Å². The average molecular weight is 193 g/mol. The maximum atomic E-state index is 11.5. The van der Waals surface area contributed by atoms with Crippen LogP contribution in [0.4, 0.5) is 0 Å². The van der Waals surface area contributed by atoms with Gasteiger partial charge in [0.15, 0.2) is 0 Å². The van der Waals surface area contributed by atoms with E-state index < -0.39 is 0 Å². The van der Waals surface area contributed by atoms with E-state index in [-0.39, 0.29) is 11.3 Å². The first-order valence-corrected chi connectivity index (χ1v) is 5.13. The molecule has 0 aromatic rings. The Bertz CT molecular complexity index is 301. The fourth-order valence-corrected chi connectivity index (χ4v) is 1.77. The van der Waals surface area contributed by atoms with E-state index in [1.165, 1.54) is 5.57 Å². The highest BCUT2D eigenvalue weighted by atomic mass is 16.1. The third kappa shape index (κ3) is 1.89. The second kappa shape index (κ2) is 3.99. The van der Waals surface area contributed by atoms with Gasteiger partial charge in [-0.2, -0.15) is 0 Å². The maximum Gasteiger partial charge on any atom is 0.246 e. The first-order valence-electron chi connectivity index (χ1n) is 5.13. The predicted octanol–water partition coefficient (Wildman–Crippen LogP) is 2.43. The fourth-order valence-electron chi connectivity index (χ4n) is 1.77.